The summed E-state index contributed by atoms with van der Waals surface area (Å²) < 4.78 is 5.51. The van der Waals surface area contributed by atoms with Crippen LogP contribution in [-0.2, 0) is 0 Å². The summed E-state index contributed by atoms with van der Waals surface area (Å²) in [6.45, 7) is 7.96. The Hall–Kier alpha value is -2.88. The molecule has 0 aliphatic carbocycles. The molecule has 1 amide bonds. The Morgan fingerprint density at radius 1 is 1.00 bits per heavy atom. The number of benzene rings is 2. The number of hydrogen-bond acceptors (Lipinski definition) is 3. The van der Waals surface area contributed by atoms with Crippen LogP contribution in [0.15, 0.2) is 54.6 Å². The number of rotatable bonds is 6. The number of para-hydroxylation sites is 1. The van der Waals surface area contributed by atoms with Crippen molar-refractivity contribution in [1.29, 1.82) is 0 Å². The number of ether oxygens (including phenoxy) is 1. The van der Waals surface area contributed by atoms with Crippen LogP contribution in [-0.4, -0.2) is 35.5 Å². The molecule has 0 radical (unpaired) electrons. The van der Waals surface area contributed by atoms with Gasteiger partial charge >= 0.3 is 0 Å². The maximum absolute atomic E-state index is 13.0. The van der Waals surface area contributed by atoms with E-state index in [0.29, 0.717) is 25.3 Å². The topological polar surface area (TPSA) is 42.4 Å². The van der Waals surface area contributed by atoms with Crippen molar-refractivity contribution in [2.75, 3.05) is 19.7 Å². The van der Waals surface area contributed by atoms with Crippen molar-refractivity contribution >= 4 is 16.8 Å². The van der Waals surface area contributed by atoms with Gasteiger partial charge in [0, 0.05) is 24.0 Å². The lowest BCUT2D eigenvalue weighted by Crippen LogP contribution is -2.30. The van der Waals surface area contributed by atoms with Crippen molar-refractivity contribution in [1.82, 2.24) is 9.88 Å². The third-order valence-electron chi connectivity index (χ3n) is 4.46. The van der Waals surface area contributed by atoms with Gasteiger partial charge in [-0.3, -0.25) is 4.79 Å². The van der Waals surface area contributed by atoms with Crippen molar-refractivity contribution in [2.45, 2.75) is 20.8 Å². The van der Waals surface area contributed by atoms with E-state index >= 15 is 0 Å². The van der Waals surface area contributed by atoms with Crippen LogP contribution < -0.4 is 4.74 Å². The van der Waals surface area contributed by atoms with Crippen LogP contribution in [0, 0.1) is 0 Å². The zero-order valence-electron chi connectivity index (χ0n) is 15.5. The molecular weight excluding hydrogens is 324 g/mol. The first-order valence-electron chi connectivity index (χ1n) is 9.10. The molecule has 0 unspecified atom stereocenters. The van der Waals surface area contributed by atoms with Gasteiger partial charge in [-0.15, -0.1) is 0 Å². The van der Waals surface area contributed by atoms with Crippen molar-refractivity contribution < 1.29 is 9.53 Å². The van der Waals surface area contributed by atoms with Crippen molar-refractivity contribution in [2.24, 2.45) is 0 Å². The first-order chi connectivity index (χ1) is 12.7. The molecular formula is C22H24N2O2. The molecule has 0 saturated heterocycles. The number of pyridine rings is 1. The van der Waals surface area contributed by atoms with Crippen molar-refractivity contribution in [3.8, 4) is 17.0 Å². The molecule has 134 valence electrons. The molecule has 1 aromatic heterocycles. The van der Waals surface area contributed by atoms with Crippen LogP contribution in [0.1, 0.15) is 31.1 Å². The summed E-state index contributed by atoms with van der Waals surface area (Å²) in [5.41, 5.74) is 3.28. The maximum Gasteiger partial charge on any atom is 0.254 e. The number of amides is 1. The van der Waals surface area contributed by atoms with E-state index in [0.717, 1.165) is 27.9 Å². The first-order valence-corrected chi connectivity index (χ1v) is 9.10. The predicted octanol–water partition coefficient (Wildman–Crippen LogP) is 4.78. The van der Waals surface area contributed by atoms with E-state index in [-0.39, 0.29) is 5.91 Å². The maximum atomic E-state index is 13.0. The van der Waals surface area contributed by atoms with Gasteiger partial charge in [0.1, 0.15) is 5.75 Å². The number of hydrogen-bond donors (Lipinski definition) is 0. The predicted molar refractivity (Wildman–Crippen MR) is 106 cm³/mol. The van der Waals surface area contributed by atoms with Crippen LogP contribution >= 0.6 is 0 Å². The summed E-state index contributed by atoms with van der Waals surface area (Å²) in [5.74, 6) is 0.872. The van der Waals surface area contributed by atoms with E-state index in [1.165, 1.54) is 0 Å². The smallest absolute Gasteiger partial charge is 0.254 e. The van der Waals surface area contributed by atoms with E-state index in [9.17, 15) is 4.79 Å². The highest BCUT2D eigenvalue weighted by Gasteiger charge is 2.17. The summed E-state index contributed by atoms with van der Waals surface area (Å²) in [4.78, 5) is 19.6. The van der Waals surface area contributed by atoms with Crippen LogP contribution in [0.2, 0.25) is 0 Å². The molecule has 0 spiro atoms. The van der Waals surface area contributed by atoms with Gasteiger partial charge in [0.05, 0.1) is 23.4 Å². The molecule has 4 heteroatoms. The molecule has 0 N–H and O–H groups in total. The van der Waals surface area contributed by atoms with Gasteiger partial charge in [-0.2, -0.15) is 0 Å². The van der Waals surface area contributed by atoms with Crippen LogP contribution in [0.3, 0.4) is 0 Å². The van der Waals surface area contributed by atoms with Gasteiger partial charge in [-0.25, -0.2) is 4.98 Å². The molecule has 0 aliphatic heterocycles. The highest BCUT2D eigenvalue weighted by molar-refractivity contribution is 6.07. The third kappa shape index (κ3) is 3.54. The lowest BCUT2D eigenvalue weighted by Gasteiger charge is -2.20. The summed E-state index contributed by atoms with van der Waals surface area (Å²) >= 11 is 0. The largest absolute Gasteiger partial charge is 0.494 e. The highest BCUT2D eigenvalue weighted by Crippen LogP contribution is 2.27. The summed E-state index contributed by atoms with van der Waals surface area (Å²) in [6.07, 6.45) is 0. The quantitative estimate of drug-likeness (QED) is 0.644. The molecule has 0 atom stereocenters. The Morgan fingerprint density at radius 2 is 1.69 bits per heavy atom. The number of fused-ring (bicyclic) bond motifs is 1. The normalized spacial score (nSPS) is 10.7. The standard InChI is InChI=1S/C22H24N2O2/c1-4-24(5-2)22(25)19-15-21(23-20-10-8-7-9-18(19)20)16-11-13-17(14-12-16)26-6-3/h7-15H,4-6H2,1-3H3. The number of aromatic nitrogens is 1. The minimum absolute atomic E-state index is 0.0424. The second-order valence-corrected chi connectivity index (χ2v) is 6.01. The van der Waals surface area contributed by atoms with Crippen LogP contribution in [0.5, 0.6) is 5.75 Å². The lowest BCUT2D eigenvalue weighted by molar-refractivity contribution is 0.0775. The monoisotopic (exact) mass is 348 g/mol. The first kappa shape index (κ1) is 17.9. The molecule has 3 rings (SSSR count). The van der Waals surface area contributed by atoms with Crippen LogP contribution in [0.4, 0.5) is 0 Å². The zero-order valence-corrected chi connectivity index (χ0v) is 15.5. The average molecular weight is 348 g/mol. The summed E-state index contributed by atoms with van der Waals surface area (Å²) in [5, 5.41) is 0.888. The van der Waals surface area contributed by atoms with Crippen LogP contribution in [0.25, 0.3) is 22.2 Å². The van der Waals surface area contributed by atoms with E-state index in [4.69, 9.17) is 9.72 Å². The Balaban J connectivity index is 2.11. The number of nitrogens with zero attached hydrogens (tertiary/aromatic N) is 2. The molecule has 0 bridgehead atoms. The molecule has 0 aliphatic rings. The SMILES string of the molecule is CCOc1ccc(-c2cc(C(=O)N(CC)CC)c3ccccc3n2)cc1. The second kappa shape index (κ2) is 8.00. The molecule has 0 fully saturated rings. The Morgan fingerprint density at radius 3 is 2.35 bits per heavy atom. The van der Waals surface area contributed by atoms with Crippen molar-refractivity contribution in [3.05, 3.63) is 60.2 Å². The minimum atomic E-state index is 0.0424. The van der Waals surface area contributed by atoms with Gasteiger partial charge in [0.25, 0.3) is 5.91 Å². The summed E-state index contributed by atoms with van der Waals surface area (Å²) in [6, 6.07) is 17.5. The van der Waals surface area contributed by atoms with Gasteiger partial charge in [-0.05, 0) is 57.2 Å². The fourth-order valence-electron chi connectivity index (χ4n) is 3.07. The molecule has 3 aromatic rings. The lowest BCUT2D eigenvalue weighted by atomic mass is 10.0. The average Bonchev–Trinajstić information content (AvgIpc) is 2.69. The van der Waals surface area contributed by atoms with E-state index < -0.39 is 0 Å². The van der Waals surface area contributed by atoms with Gasteiger partial charge in [0.15, 0.2) is 0 Å². The van der Waals surface area contributed by atoms with E-state index in [1.807, 2.05) is 80.3 Å². The molecule has 0 saturated carbocycles. The van der Waals surface area contributed by atoms with E-state index in [2.05, 4.69) is 0 Å². The highest BCUT2D eigenvalue weighted by atomic mass is 16.5. The second-order valence-electron chi connectivity index (χ2n) is 6.01. The Kier molecular flexibility index (Phi) is 5.52. The molecule has 1 heterocycles. The fourth-order valence-corrected chi connectivity index (χ4v) is 3.07. The Labute approximate surface area is 154 Å². The third-order valence-corrected chi connectivity index (χ3v) is 4.46. The number of carbonyl (C=O) groups excluding carboxylic acids is 1. The minimum Gasteiger partial charge on any atom is -0.494 e. The fraction of sp³-hybridized carbons (Fsp3) is 0.273. The van der Waals surface area contributed by atoms with Gasteiger partial charge in [0.2, 0.25) is 0 Å². The molecule has 26 heavy (non-hydrogen) atoms. The molecule has 2 aromatic carbocycles. The number of carbonyl (C=O) groups is 1. The Bertz CT molecular complexity index is 900. The summed E-state index contributed by atoms with van der Waals surface area (Å²) in [7, 11) is 0. The zero-order chi connectivity index (χ0) is 18.5. The van der Waals surface area contributed by atoms with E-state index in [1.54, 1.807) is 0 Å². The molecule has 4 nitrogen and oxygen atoms in total. The van der Waals surface area contributed by atoms with Gasteiger partial charge in [-0.1, -0.05) is 18.2 Å². The van der Waals surface area contributed by atoms with Gasteiger partial charge < -0.3 is 9.64 Å². The van der Waals surface area contributed by atoms with Crippen molar-refractivity contribution in [3.63, 3.8) is 0 Å².